The molecule has 0 amide bonds. The summed E-state index contributed by atoms with van der Waals surface area (Å²) in [5.41, 5.74) is 0.780. The van der Waals surface area contributed by atoms with Crippen molar-refractivity contribution in [3.05, 3.63) is 36.4 Å². The van der Waals surface area contributed by atoms with Gasteiger partial charge < -0.3 is 27.8 Å². The predicted molar refractivity (Wildman–Crippen MR) is 60.8 cm³/mol. The Balaban J connectivity index is -0.000000356. The standard InChI is InChI=1S/C8H8O3S.2Na.H2S2/c1-2-7-3-5-8(6-4-7)12(9,10)11;;;1-2/h2-6H,1H2,(H,9,10,11);;;1-2H/q;2*+1;/p-2/i/hT. The summed E-state index contributed by atoms with van der Waals surface area (Å²) in [5, 5.41) is 0. The van der Waals surface area contributed by atoms with Crippen LogP contribution in [0.2, 0.25) is 0 Å². The first-order valence-electron chi connectivity index (χ1n) is 3.80. The summed E-state index contributed by atoms with van der Waals surface area (Å²) in [7, 11) is -4.31. The van der Waals surface area contributed by atoms with E-state index in [-0.39, 0.29) is 64.0 Å². The first-order chi connectivity index (χ1) is 6.95. The maximum atomic E-state index is 10.5. The zero-order valence-electron chi connectivity index (χ0n) is 10.0. The average molecular weight is 296 g/mol. The van der Waals surface area contributed by atoms with Gasteiger partial charge in [-0.15, -0.1) is 0 Å². The molecule has 0 fully saturated rings. The molecular weight excluding hydrogens is 286 g/mol. The van der Waals surface area contributed by atoms with Crippen LogP contribution in [0.1, 0.15) is 5.56 Å². The van der Waals surface area contributed by atoms with E-state index >= 15 is 0 Å². The summed E-state index contributed by atoms with van der Waals surface area (Å²) in [4.78, 5) is -0.215. The molecule has 0 aliphatic rings. The molecule has 1 aromatic carbocycles. The summed E-state index contributed by atoms with van der Waals surface area (Å²) in [6, 6.07) is 5.58. The maximum Gasteiger partial charge on any atom is 1.00 e. The van der Waals surface area contributed by atoms with Gasteiger partial charge in [-0.25, -0.2) is 8.42 Å². The Bertz CT molecular complexity index is 409. The molecule has 0 radical (unpaired) electrons. The number of rotatable bonds is 2. The van der Waals surface area contributed by atoms with Crippen LogP contribution >= 0.6 is 11.6 Å². The van der Waals surface area contributed by atoms with Crippen molar-refractivity contribution in [2.75, 3.05) is 0 Å². The average Bonchev–Trinajstić information content (AvgIpc) is 2.18. The quantitative estimate of drug-likeness (QED) is 0.197. The Morgan fingerprint density at radius 1 is 1.38 bits per heavy atom. The second-order valence-electron chi connectivity index (χ2n) is 2.23. The van der Waals surface area contributed by atoms with Crippen molar-refractivity contribution in [2.24, 2.45) is 0 Å². The summed E-state index contributed by atoms with van der Waals surface area (Å²) in [6.45, 7) is 3.50. The van der Waals surface area contributed by atoms with Gasteiger partial charge in [-0.05, 0) is 17.7 Å². The number of benzene rings is 1. The van der Waals surface area contributed by atoms with Crippen LogP contribution in [0, 0.1) is 0 Å². The van der Waals surface area contributed by atoms with E-state index in [1.807, 2.05) is 0 Å². The Morgan fingerprint density at radius 3 is 2.00 bits per heavy atom. The largest absolute Gasteiger partial charge is 1.00 e. The van der Waals surface area contributed by atoms with Crippen molar-refractivity contribution in [3.8, 4) is 0 Å². The van der Waals surface area contributed by atoms with Crippen LogP contribution < -0.4 is 59.1 Å². The molecular formula is C8H8Na2O3S3. The Morgan fingerprint density at radius 2 is 1.75 bits per heavy atom. The summed E-state index contributed by atoms with van der Waals surface area (Å²) in [5.74, 6) is 0. The third-order valence-corrected chi connectivity index (χ3v) is 2.25. The van der Waals surface area contributed by atoms with Crippen LogP contribution in [0.5, 0.6) is 0 Å². The first-order valence-corrected chi connectivity index (χ1v) is 6.13. The van der Waals surface area contributed by atoms with Crippen LogP contribution in [0.25, 0.3) is 6.08 Å². The smallest absolute Gasteiger partial charge is 0.744 e. The van der Waals surface area contributed by atoms with Gasteiger partial charge in [-0.1, -0.05) is 24.8 Å². The SMILES string of the molecule is C=Cc1ccc(S(=O)(=O)[O-])cc1.[3H]S[S-].[Na+].[Na+]. The summed E-state index contributed by atoms with van der Waals surface area (Å²) in [6.07, 6.45) is 1.57. The molecule has 8 heteroatoms. The molecule has 0 N–H and O–H groups in total. The van der Waals surface area contributed by atoms with E-state index in [1.165, 1.54) is 24.3 Å². The number of thiol groups is 1. The molecule has 1 aromatic rings. The van der Waals surface area contributed by atoms with E-state index in [0.29, 0.717) is 11.6 Å². The maximum absolute atomic E-state index is 10.5. The molecule has 16 heavy (non-hydrogen) atoms. The molecule has 0 heterocycles. The zero-order chi connectivity index (χ0) is 11.9. The van der Waals surface area contributed by atoms with E-state index in [4.69, 9.17) is 1.12 Å². The van der Waals surface area contributed by atoms with Gasteiger partial charge in [0, 0.05) is 0 Å². The zero-order valence-corrected chi connectivity index (χ0v) is 15.5. The molecule has 3 nitrogen and oxygen atoms in total. The minimum Gasteiger partial charge on any atom is -0.744 e. The summed E-state index contributed by atoms with van der Waals surface area (Å²) < 4.78 is 37.3. The van der Waals surface area contributed by atoms with E-state index in [0.717, 1.165) is 5.56 Å². The molecule has 1 rings (SSSR count). The van der Waals surface area contributed by atoms with Gasteiger partial charge in [0.1, 0.15) is 10.1 Å². The first kappa shape index (κ1) is 19.9. The van der Waals surface area contributed by atoms with Gasteiger partial charge in [0.05, 0.1) is 6.02 Å². The van der Waals surface area contributed by atoms with Gasteiger partial charge in [0.2, 0.25) is 0 Å². The monoisotopic (exact) mass is 296 g/mol. The Kier molecular flexibility index (Phi) is 14.5. The van der Waals surface area contributed by atoms with E-state index in [9.17, 15) is 13.0 Å². The molecule has 0 atom stereocenters. The van der Waals surface area contributed by atoms with Crippen molar-refractivity contribution in [1.29, 1.82) is 1.12 Å². The van der Waals surface area contributed by atoms with Crippen LogP contribution in [-0.2, 0) is 21.8 Å². The van der Waals surface area contributed by atoms with E-state index in [1.54, 1.807) is 6.08 Å². The van der Waals surface area contributed by atoms with Crippen LogP contribution in [0.3, 0.4) is 0 Å². The van der Waals surface area contributed by atoms with Gasteiger partial charge >= 0.3 is 59.1 Å². The van der Waals surface area contributed by atoms with Gasteiger partial charge in [0.15, 0.2) is 0 Å². The van der Waals surface area contributed by atoms with Crippen molar-refractivity contribution in [3.63, 3.8) is 0 Å². The molecule has 0 bridgehead atoms. The number of hydrogen-bond acceptors (Lipinski definition) is 5. The Hall–Kier alpha value is 1.57. The van der Waals surface area contributed by atoms with Crippen LogP contribution in [-0.4, -0.2) is 14.1 Å². The van der Waals surface area contributed by atoms with Crippen LogP contribution in [0.15, 0.2) is 35.7 Å². The van der Waals surface area contributed by atoms with Crippen molar-refractivity contribution in [2.45, 2.75) is 4.90 Å². The molecule has 0 aliphatic heterocycles. The Labute approximate surface area is 152 Å². The fourth-order valence-electron chi connectivity index (χ4n) is 0.771. The van der Waals surface area contributed by atoms with E-state index < -0.39 is 10.1 Å². The third kappa shape index (κ3) is 8.63. The molecule has 0 aliphatic carbocycles. The molecule has 0 aromatic heterocycles. The van der Waals surface area contributed by atoms with Crippen molar-refractivity contribution >= 4 is 39.4 Å². The minimum atomic E-state index is -4.31. The second-order valence-corrected chi connectivity index (χ2v) is 3.61. The van der Waals surface area contributed by atoms with E-state index in [2.05, 4.69) is 18.2 Å². The molecule has 78 valence electrons. The van der Waals surface area contributed by atoms with Crippen molar-refractivity contribution < 1.29 is 72.1 Å². The van der Waals surface area contributed by atoms with Gasteiger partial charge in [-0.2, -0.15) is 0 Å². The molecule has 0 unspecified atom stereocenters. The fourth-order valence-corrected chi connectivity index (χ4v) is 1.24. The van der Waals surface area contributed by atoms with Crippen molar-refractivity contribution in [1.82, 2.24) is 0 Å². The van der Waals surface area contributed by atoms with Gasteiger partial charge in [-0.3, -0.25) is 0 Å². The van der Waals surface area contributed by atoms with Gasteiger partial charge in [0.25, 0.3) is 0 Å². The fraction of sp³-hybridized carbons (Fsp3) is 0. The topological polar surface area (TPSA) is 57.2 Å². The minimum absolute atomic E-state index is 0. The van der Waals surface area contributed by atoms with Crippen LogP contribution in [0.4, 0.5) is 0 Å². The summed E-state index contributed by atoms with van der Waals surface area (Å²) >= 11 is 4.56. The second kappa shape index (κ2) is 11.6. The molecule has 0 saturated heterocycles. The molecule has 0 spiro atoms. The predicted octanol–water partition coefficient (Wildman–Crippen LogP) is -4.38. The number of hydrogen-bond donors (Lipinski definition) is 1. The molecule has 0 saturated carbocycles. The normalized spacial score (nSPS) is 9.50. The third-order valence-electron chi connectivity index (χ3n) is 1.40.